The maximum atomic E-state index is 13.0. The molecule has 0 saturated heterocycles. The molecule has 2 amide bonds. The van der Waals surface area contributed by atoms with Crippen LogP contribution in [0, 0.1) is 0 Å². The molecule has 7 heteroatoms. The van der Waals surface area contributed by atoms with E-state index in [2.05, 4.69) is 40.2 Å². The van der Waals surface area contributed by atoms with Crippen LogP contribution in [-0.4, -0.2) is 36.7 Å². The number of thiocarbonyl (C=S) groups is 1. The summed E-state index contributed by atoms with van der Waals surface area (Å²) in [6, 6.07) is 24.4. The van der Waals surface area contributed by atoms with Crippen molar-refractivity contribution in [2.24, 2.45) is 0 Å². The van der Waals surface area contributed by atoms with Gasteiger partial charge in [0.15, 0.2) is 0 Å². The van der Waals surface area contributed by atoms with Crippen LogP contribution in [0.15, 0.2) is 78.9 Å². The number of carbonyl (C=O) groups is 2. The van der Waals surface area contributed by atoms with Crippen LogP contribution in [0.1, 0.15) is 35.6 Å². The maximum Gasteiger partial charge on any atom is 0.408 e. The number of hydrogen-bond donors (Lipinski definition) is 3. The Kier molecular flexibility index (Phi) is 7.54. The number of alkyl carbamates (subject to hydrolysis) is 1. The van der Waals surface area contributed by atoms with Crippen molar-refractivity contribution in [2.75, 3.05) is 13.2 Å². The van der Waals surface area contributed by atoms with Gasteiger partial charge in [0.2, 0.25) is 5.91 Å². The van der Waals surface area contributed by atoms with Crippen LogP contribution < -0.4 is 16.0 Å². The van der Waals surface area contributed by atoms with Gasteiger partial charge in [-0.05, 0) is 34.7 Å². The fourth-order valence-electron chi connectivity index (χ4n) is 4.31. The molecule has 0 radical (unpaired) electrons. The zero-order valence-electron chi connectivity index (χ0n) is 18.9. The fraction of sp³-hybridized carbons (Fsp3) is 0.222. The summed E-state index contributed by atoms with van der Waals surface area (Å²) in [7, 11) is 0. The van der Waals surface area contributed by atoms with Crippen LogP contribution in [-0.2, 0) is 9.53 Å². The first kappa shape index (κ1) is 23.4. The van der Waals surface area contributed by atoms with Crippen molar-refractivity contribution in [3.63, 3.8) is 0 Å². The lowest BCUT2D eigenvalue weighted by atomic mass is 9.98. The number of fused-ring (bicyclic) bond motifs is 3. The largest absolute Gasteiger partial charge is 0.449 e. The average Bonchev–Trinajstić information content (AvgIpc) is 3.19. The molecule has 3 aromatic carbocycles. The van der Waals surface area contributed by atoms with Gasteiger partial charge < -0.3 is 20.7 Å². The SMILES string of the molecule is C[C@@H](CNC=S)NC(=O)[C@@H](NC(=O)OCC1c2ccccc2-c2ccccc21)c1ccccc1. The molecule has 0 aromatic heterocycles. The molecule has 4 rings (SSSR count). The van der Waals surface area contributed by atoms with E-state index >= 15 is 0 Å². The molecule has 0 bridgehead atoms. The van der Waals surface area contributed by atoms with Crippen molar-refractivity contribution in [1.29, 1.82) is 0 Å². The predicted octanol–water partition coefficient (Wildman–Crippen LogP) is 4.32. The van der Waals surface area contributed by atoms with E-state index in [0.717, 1.165) is 22.3 Å². The van der Waals surface area contributed by atoms with Gasteiger partial charge in [-0.1, -0.05) is 91.1 Å². The summed E-state index contributed by atoms with van der Waals surface area (Å²) in [5, 5.41) is 8.55. The first-order valence-corrected chi connectivity index (χ1v) is 11.7. The van der Waals surface area contributed by atoms with Crippen molar-refractivity contribution in [3.8, 4) is 11.1 Å². The lowest BCUT2D eigenvalue weighted by Gasteiger charge is -2.22. The van der Waals surface area contributed by atoms with Gasteiger partial charge >= 0.3 is 6.09 Å². The van der Waals surface area contributed by atoms with Gasteiger partial charge in [-0.2, -0.15) is 0 Å². The highest BCUT2D eigenvalue weighted by atomic mass is 32.1. The smallest absolute Gasteiger partial charge is 0.408 e. The topological polar surface area (TPSA) is 79.5 Å². The van der Waals surface area contributed by atoms with Gasteiger partial charge in [0.05, 0.1) is 5.49 Å². The van der Waals surface area contributed by atoms with E-state index < -0.39 is 12.1 Å². The highest BCUT2D eigenvalue weighted by Crippen LogP contribution is 2.44. The lowest BCUT2D eigenvalue weighted by Crippen LogP contribution is -2.46. The van der Waals surface area contributed by atoms with Gasteiger partial charge in [0.25, 0.3) is 0 Å². The monoisotopic (exact) mass is 473 g/mol. The number of carbonyl (C=O) groups excluding carboxylic acids is 2. The molecular weight excluding hydrogens is 446 g/mol. The summed E-state index contributed by atoms with van der Waals surface area (Å²) in [6.07, 6.45) is -0.643. The zero-order chi connectivity index (χ0) is 23.9. The molecule has 3 N–H and O–H groups in total. The molecule has 34 heavy (non-hydrogen) atoms. The minimum absolute atomic E-state index is 0.0529. The second-order valence-corrected chi connectivity index (χ2v) is 8.49. The number of benzene rings is 3. The van der Waals surface area contributed by atoms with Crippen LogP contribution in [0.5, 0.6) is 0 Å². The van der Waals surface area contributed by atoms with Crippen LogP contribution in [0.25, 0.3) is 11.1 Å². The van der Waals surface area contributed by atoms with E-state index in [9.17, 15) is 9.59 Å². The molecule has 1 aliphatic carbocycles. The van der Waals surface area contributed by atoms with E-state index in [0.29, 0.717) is 12.1 Å². The zero-order valence-corrected chi connectivity index (χ0v) is 19.7. The first-order valence-electron chi connectivity index (χ1n) is 11.2. The minimum Gasteiger partial charge on any atom is -0.449 e. The molecule has 2 atom stereocenters. The van der Waals surface area contributed by atoms with Gasteiger partial charge in [-0.3, -0.25) is 4.79 Å². The quantitative estimate of drug-likeness (QED) is 0.404. The Labute approximate surface area is 204 Å². The highest BCUT2D eigenvalue weighted by Gasteiger charge is 2.30. The molecule has 174 valence electrons. The Hall–Kier alpha value is -3.71. The third-order valence-electron chi connectivity index (χ3n) is 5.90. The summed E-state index contributed by atoms with van der Waals surface area (Å²) >= 11 is 4.77. The van der Waals surface area contributed by atoms with E-state index in [1.807, 2.05) is 49.4 Å². The number of amides is 2. The van der Waals surface area contributed by atoms with Crippen LogP contribution in [0.4, 0.5) is 4.79 Å². The number of rotatable bonds is 9. The Balaban J connectivity index is 1.45. The molecule has 1 aliphatic rings. The number of nitrogens with one attached hydrogen (secondary N) is 3. The van der Waals surface area contributed by atoms with E-state index in [-0.39, 0.29) is 24.5 Å². The molecule has 0 aliphatic heterocycles. The summed E-state index contributed by atoms with van der Waals surface area (Å²) in [5.74, 6) is -0.374. The van der Waals surface area contributed by atoms with Crippen molar-refractivity contribution in [1.82, 2.24) is 16.0 Å². The maximum absolute atomic E-state index is 13.0. The van der Waals surface area contributed by atoms with Gasteiger partial charge in [-0.15, -0.1) is 0 Å². The van der Waals surface area contributed by atoms with Gasteiger partial charge in [0.1, 0.15) is 12.6 Å². The second-order valence-electron chi connectivity index (χ2n) is 8.25. The third-order valence-corrected chi connectivity index (χ3v) is 6.06. The fourth-order valence-corrected chi connectivity index (χ4v) is 4.40. The van der Waals surface area contributed by atoms with E-state index in [1.54, 1.807) is 12.1 Å². The second kappa shape index (κ2) is 10.9. The normalized spacial score (nSPS) is 13.7. The molecule has 0 unspecified atom stereocenters. The highest BCUT2D eigenvalue weighted by molar-refractivity contribution is 7.78. The minimum atomic E-state index is -0.883. The molecule has 0 heterocycles. The summed E-state index contributed by atoms with van der Waals surface area (Å²) < 4.78 is 5.65. The van der Waals surface area contributed by atoms with Crippen molar-refractivity contribution >= 4 is 29.7 Å². The Bertz CT molecular complexity index is 1120. The summed E-state index contributed by atoms with van der Waals surface area (Å²) in [4.78, 5) is 25.8. The summed E-state index contributed by atoms with van der Waals surface area (Å²) in [6.45, 7) is 2.53. The third kappa shape index (κ3) is 5.26. The lowest BCUT2D eigenvalue weighted by molar-refractivity contribution is -0.123. The Morgan fingerprint density at radius 3 is 2.12 bits per heavy atom. The molecule has 6 nitrogen and oxygen atoms in total. The molecule has 3 aromatic rings. The van der Waals surface area contributed by atoms with Crippen molar-refractivity contribution < 1.29 is 14.3 Å². The Morgan fingerprint density at radius 1 is 0.912 bits per heavy atom. The van der Waals surface area contributed by atoms with E-state index in [4.69, 9.17) is 17.0 Å². The standard InChI is InChI=1S/C27H27N3O3S/c1-18(15-28-17-34)29-26(31)25(19-9-3-2-4-10-19)30-27(32)33-16-24-22-13-7-5-11-20(22)21-12-6-8-14-23(21)24/h2-14,17-18,24-25H,15-16H2,1H3,(H,28,34)(H,29,31)(H,30,32)/t18-,25-/m0/s1. The Morgan fingerprint density at radius 2 is 1.50 bits per heavy atom. The summed E-state index contributed by atoms with van der Waals surface area (Å²) in [5.41, 5.74) is 6.66. The van der Waals surface area contributed by atoms with Crippen LogP contribution in [0.2, 0.25) is 0 Å². The van der Waals surface area contributed by atoms with Gasteiger partial charge in [0, 0.05) is 18.5 Å². The van der Waals surface area contributed by atoms with Crippen molar-refractivity contribution in [2.45, 2.75) is 24.9 Å². The molecule has 0 spiro atoms. The number of hydrogen-bond acceptors (Lipinski definition) is 4. The molecule has 0 fully saturated rings. The average molecular weight is 474 g/mol. The molecular formula is C27H27N3O3S. The number of ether oxygens (including phenoxy) is 1. The van der Waals surface area contributed by atoms with E-state index in [1.165, 1.54) is 5.49 Å². The van der Waals surface area contributed by atoms with Gasteiger partial charge in [-0.25, -0.2) is 4.79 Å². The van der Waals surface area contributed by atoms with Crippen molar-refractivity contribution in [3.05, 3.63) is 95.6 Å². The first-order chi connectivity index (χ1) is 16.6. The van der Waals surface area contributed by atoms with Crippen LogP contribution in [0.3, 0.4) is 0 Å². The van der Waals surface area contributed by atoms with Crippen LogP contribution >= 0.6 is 12.2 Å². The molecule has 0 saturated carbocycles. The predicted molar refractivity (Wildman–Crippen MR) is 137 cm³/mol.